The number of hydrogen-bond donors (Lipinski definition) is 1. The van der Waals surface area contributed by atoms with Crippen molar-refractivity contribution in [3.8, 4) is 5.75 Å². The molecule has 1 rings (SSSR count). The summed E-state index contributed by atoms with van der Waals surface area (Å²) in [4.78, 5) is 2.43. The van der Waals surface area contributed by atoms with Crippen molar-refractivity contribution < 1.29 is 4.74 Å². The van der Waals surface area contributed by atoms with E-state index in [0.717, 1.165) is 12.3 Å². The lowest BCUT2D eigenvalue weighted by molar-refractivity contribution is 0.130. The lowest BCUT2D eigenvalue weighted by Crippen LogP contribution is -2.43. The molecule has 0 radical (unpaired) electrons. The van der Waals surface area contributed by atoms with Crippen molar-refractivity contribution in [1.82, 2.24) is 10.2 Å². The van der Waals surface area contributed by atoms with Crippen LogP contribution in [0.3, 0.4) is 0 Å². The first-order valence-electron chi connectivity index (χ1n) is 7.89. The van der Waals surface area contributed by atoms with Crippen molar-refractivity contribution >= 4 is 0 Å². The zero-order valence-electron chi connectivity index (χ0n) is 14.7. The van der Waals surface area contributed by atoms with E-state index < -0.39 is 0 Å². The third kappa shape index (κ3) is 5.33. The molecule has 0 bridgehead atoms. The molecular formula is C18H32N2O. The maximum absolute atomic E-state index is 5.51. The Kier molecular flexibility index (Phi) is 6.69. The maximum atomic E-state index is 5.51. The molecule has 0 fully saturated rings. The van der Waals surface area contributed by atoms with Gasteiger partial charge in [-0.15, -0.1) is 0 Å². The van der Waals surface area contributed by atoms with Crippen molar-refractivity contribution in [2.45, 2.75) is 46.7 Å². The third-order valence-electron chi connectivity index (χ3n) is 4.33. The molecule has 1 N–H and O–H groups in total. The zero-order valence-corrected chi connectivity index (χ0v) is 14.7. The van der Waals surface area contributed by atoms with Crippen LogP contribution >= 0.6 is 0 Å². The van der Waals surface area contributed by atoms with Gasteiger partial charge in [0.05, 0.1) is 6.61 Å². The van der Waals surface area contributed by atoms with E-state index in [1.165, 1.54) is 5.56 Å². The predicted molar refractivity (Wildman–Crippen MR) is 91.0 cm³/mol. The Bertz CT molecular complexity index is 408. The highest BCUT2D eigenvalue weighted by Crippen LogP contribution is 2.25. The fourth-order valence-electron chi connectivity index (χ4n) is 2.43. The second kappa shape index (κ2) is 7.81. The molecule has 2 unspecified atom stereocenters. The van der Waals surface area contributed by atoms with Crippen molar-refractivity contribution in [3.63, 3.8) is 0 Å². The van der Waals surface area contributed by atoms with Gasteiger partial charge in [-0.25, -0.2) is 0 Å². The number of rotatable bonds is 7. The summed E-state index contributed by atoms with van der Waals surface area (Å²) in [7, 11) is 4.23. The molecule has 0 saturated heterocycles. The molecule has 0 aliphatic carbocycles. The average molecular weight is 292 g/mol. The van der Waals surface area contributed by atoms with E-state index in [1.54, 1.807) is 0 Å². The summed E-state index contributed by atoms with van der Waals surface area (Å²) < 4.78 is 5.51. The number of nitrogens with zero attached hydrogens (tertiary/aromatic N) is 1. The fraction of sp³-hybridized carbons (Fsp3) is 0.667. The van der Waals surface area contributed by atoms with Gasteiger partial charge in [0, 0.05) is 18.6 Å². The van der Waals surface area contributed by atoms with Gasteiger partial charge in [-0.3, -0.25) is 0 Å². The molecule has 21 heavy (non-hydrogen) atoms. The molecule has 0 amide bonds. The van der Waals surface area contributed by atoms with E-state index in [0.29, 0.717) is 18.7 Å². The van der Waals surface area contributed by atoms with Crippen LogP contribution in [-0.2, 0) is 0 Å². The zero-order chi connectivity index (χ0) is 16.0. The highest BCUT2D eigenvalue weighted by atomic mass is 16.5. The molecule has 3 nitrogen and oxygen atoms in total. The molecule has 0 aliphatic heterocycles. The molecule has 1 aromatic carbocycles. The van der Waals surface area contributed by atoms with Crippen LogP contribution in [0.2, 0.25) is 0 Å². The standard InChI is InChI=1S/C18H32N2O/c1-8-21-16-11-9-15(10-12-16)17(19-6)13-20(7)14(2)18(3,4)5/h9-12,14,17,19H,8,13H2,1-7H3. The van der Waals surface area contributed by atoms with Crippen molar-refractivity contribution in [3.05, 3.63) is 29.8 Å². The Morgan fingerprint density at radius 2 is 1.76 bits per heavy atom. The molecular weight excluding hydrogens is 260 g/mol. The Labute approximate surface area is 130 Å². The Balaban J connectivity index is 2.74. The molecule has 2 atom stereocenters. The Morgan fingerprint density at radius 1 is 1.19 bits per heavy atom. The topological polar surface area (TPSA) is 24.5 Å². The largest absolute Gasteiger partial charge is 0.494 e. The van der Waals surface area contributed by atoms with Gasteiger partial charge in [0.2, 0.25) is 0 Å². The normalized spacial score (nSPS) is 15.0. The first kappa shape index (κ1) is 18.0. The van der Waals surface area contributed by atoms with E-state index in [-0.39, 0.29) is 5.41 Å². The maximum Gasteiger partial charge on any atom is 0.119 e. The highest BCUT2D eigenvalue weighted by molar-refractivity contribution is 5.29. The molecule has 0 aromatic heterocycles. The summed E-state index contributed by atoms with van der Waals surface area (Å²) in [5.74, 6) is 0.938. The van der Waals surface area contributed by atoms with Crippen LogP contribution in [0.5, 0.6) is 5.75 Å². The Hall–Kier alpha value is -1.06. The minimum Gasteiger partial charge on any atom is -0.494 e. The number of likely N-dealkylation sites (N-methyl/N-ethyl adjacent to an activating group) is 2. The smallest absolute Gasteiger partial charge is 0.119 e. The summed E-state index contributed by atoms with van der Waals surface area (Å²) >= 11 is 0. The number of ether oxygens (including phenoxy) is 1. The van der Waals surface area contributed by atoms with Crippen LogP contribution < -0.4 is 10.1 Å². The van der Waals surface area contributed by atoms with Crippen LogP contribution in [0.15, 0.2) is 24.3 Å². The fourth-order valence-corrected chi connectivity index (χ4v) is 2.43. The molecule has 0 heterocycles. The summed E-state index contributed by atoms with van der Waals surface area (Å²) in [6, 6.07) is 9.27. The molecule has 0 spiro atoms. The van der Waals surface area contributed by atoms with E-state index >= 15 is 0 Å². The minimum absolute atomic E-state index is 0.284. The second-order valence-electron chi connectivity index (χ2n) is 6.82. The van der Waals surface area contributed by atoms with Crippen LogP contribution in [0.25, 0.3) is 0 Å². The lowest BCUT2D eigenvalue weighted by atomic mass is 9.87. The van der Waals surface area contributed by atoms with Gasteiger partial charge in [0.25, 0.3) is 0 Å². The summed E-state index contributed by atoms with van der Waals surface area (Å²) in [6.07, 6.45) is 0. The van der Waals surface area contributed by atoms with E-state index in [4.69, 9.17) is 4.74 Å². The molecule has 1 aromatic rings. The van der Waals surface area contributed by atoms with E-state index in [9.17, 15) is 0 Å². The molecule has 0 aliphatic rings. The molecule has 0 saturated carbocycles. The van der Waals surface area contributed by atoms with Crippen molar-refractivity contribution in [2.24, 2.45) is 5.41 Å². The van der Waals surface area contributed by atoms with Crippen LogP contribution in [-0.4, -0.2) is 38.2 Å². The van der Waals surface area contributed by atoms with Crippen LogP contribution in [0, 0.1) is 5.41 Å². The van der Waals surface area contributed by atoms with Gasteiger partial charge in [0.1, 0.15) is 5.75 Å². The van der Waals surface area contributed by atoms with Gasteiger partial charge in [0.15, 0.2) is 0 Å². The van der Waals surface area contributed by atoms with Crippen molar-refractivity contribution in [2.75, 3.05) is 27.2 Å². The van der Waals surface area contributed by atoms with Gasteiger partial charge < -0.3 is 15.0 Å². The summed E-state index contributed by atoms with van der Waals surface area (Å²) in [5, 5.41) is 3.42. The minimum atomic E-state index is 0.284. The van der Waals surface area contributed by atoms with Gasteiger partial charge in [-0.1, -0.05) is 32.9 Å². The summed E-state index contributed by atoms with van der Waals surface area (Å²) in [5.41, 5.74) is 1.58. The summed E-state index contributed by atoms with van der Waals surface area (Å²) in [6.45, 7) is 12.9. The van der Waals surface area contributed by atoms with Crippen LogP contribution in [0.4, 0.5) is 0 Å². The van der Waals surface area contributed by atoms with Gasteiger partial charge in [-0.05, 0) is 51.1 Å². The molecule has 3 heteroatoms. The molecule has 120 valence electrons. The van der Waals surface area contributed by atoms with Gasteiger partial charge in [-0.2, -0.15) is 0 Å². The monoisotopic (exact) mass is 292 g/mol. The van der Waals surface area contributed by atoms with Gasteiger partial charge >= 0.3 is 0 Å². The SMILES string of the molecule is CCOc1ccc(C(CN(C)C(C)C(C)(C)C)NC)cc1. The predicted octanol–water partition coefficient (Wildman–Crippen LogP) is 3.71. The first-order chi connectivity index (χ1) is 9.79. The number of nitrogens with one attached hydrogen (secondary N) is 1. The average Bonchev–Trinajstić information content (AvgIpc) is 2.44. The van der Waals surface area contributed by atoms with E-state index in [1.807, 2.05) is 14.0 Å². The number of benzene rings is 1. The van der Waals surface area contributed by atoms with Crippen LogP contribution in [0.1, 0.15) is 46.2 Å². The Morgan fingerprint density at radius 3 is 2.19 bits per heavy atom. The van der Waals surface area contributed by atoms with Crippen molar-refractivity contribution in [1.29, 1.82) is 0 Å². The third-order valence-corrected chi connectivity index (χ3v) is 4.33. The second-order valence-corrected chi connectivity index (χ2v) is 6.82. The first-order valence-corrected chi connectivity index (χ1v) is 7.89. The lowest BCUT2D eigenvalue weighted by Gasteiger charge is -2.37. The highest BCUT2D eigenvalue weighted by Gasteiger charge is 2.25. The quantitative estimate of drug-likeness (QED) is 0.829. The van der Waals surface area contributed by atoms with E-state index in [2.05, 4.69) is 69.2 Å². The number of hydrogen-bond acceptors (Lipinski definition) is 3.